The average Bonchev–Trinajstić information content (AvgIpc) is 3.24. The molecule has 8 nitrogen and oxygen atoms in total. The summed E-state index contributed by atoms with van der Waals surface area (Å²) in [6, 6.07) is 12.0. The number of methoxy groups -OCH3 is 2. The first-order valence-corrected chi connectivity index (χ1v) is 10.9. The predicted octanol–water partition coefficient (Wildman–Crippen LogP) is 3.92. The molecule has 1 aromatic heterocycles. The molecule has 1 atom stereocenters. The van der Waals surface area contributed by atoms with Crippen molar-refractivity contribution in [3.8, 4) is 22.1 Å². The van der Waals surface area contributed by atoms with Gasteiger partial charge >= 0.3 is 0 Å². The summed E-state index contributed by atoms with van der Waals surface area (Å²) in [4.78, 5) is 25.8. The number of hydrogen-bond acceptors (Lipinski definition) is 7. The molecule has 0 aliphatic carbocycles. The van der Waals surface area contributed by atoms with Crippen molar-refractivity contribution in [1.82, 2.24) is 15.5 Å². The maximum absolute atomic E-state index is 12.9. The fourth-order valence-electron chi connectivity index (χ4n) is 3.09. The molecular formula is C23H26N4O4S. The van der Waals surface area contributed by atoms with Crippen LogP contribution in [-0.2, 0) is 4.79 Å². The third-order valence-electron chi connectivity index (χ3n) is 4.81. The number of carbonyl (C=O) groups is 2. The van der Waals surface area contributed by atoms with Gasteiger partial charge in [-0.05, 0) is 31.0 Å². The van der Waals surface area contributed by atoms with Gasteiger partial charge in [0.2, 0.25) is 11.0 Å². The molecule has 1 heterocycles. The van der Waals surface area contributed by atoms with Crippen molar-refractivity contribution in [3.05, 3.63) is 53.6 Å². The van der Waals surface area contributed by atoms with Crippen LogP contribution in [0, 0.1) is 12.8 Å². The number of benzene rings is 2. The molecule has 3 aromatic rings. The van der Waals surface area contributed by atoms with E-state index < -0.39 is 11.9 Å². The summed E-state index contributed by atoms with van der Waals surface area (Å²) in [7, 11) is 3.00. The first-order valence-electron chi connectivity index (χ1n) is 10.1. The Morgan fingerprint density at radius 3 is 2.47 bits per heavy atom. The highest BCUT2D eigenvalue weighted by Gasteiger charge is 2.27. The third kappa shape index (κ3) is 5.42. The Bertz CT molecular complexity index is 1110. The summed E-state index contributed by atoms with van der Waals surface area (Å²) in [6.45, 7) is 5.71. The van der Waals surface area contributed by atoms with Crippen LogP contribution in [0.3, 0.4) is 0 Å². The minimum absolute atomic E-state index is 0.160. The van der Waals surface area contributed by atoms with Crippen LogP contribution in [0.15, 0.2) is 42.5 Å². The number of carbonyl (C=O) groups excluding carboxylic acids is 2. The van der Waals surface area contributed by atoms with Gasteiger partial charge in [-0.3, -0.25) is 14.9 Å². The van der Waals surface area contributed by atoms with Crippen LogP contribution in [0.5, 0.6) is 11.5 Å². The summed E-state index contributed by atoms with van der Waals surface area (Å²) in [6.07, 6.45) is 0. The summed E-state index contributed by atoms with van der Waals surface area (Å²) < 4.78 is 10.5. The molecule has 0 saturated heterocycles. The molecule has 2 amide bonds. The molecule has 0 aliphatic rings. The number of anilines is 1. The Morgan fingerprint density at radius 1 is 1.03 bits per heavy atom. The van der Waals surface area contributed by atoms with Gasteiger partial charge in [0.15, 0.2) is 0 Å². The van der Waals surface area contributed by atoms with Gasteiger partial charge in [-0.1, -0.05) is 48.9 Å². The molecule has 0 fully saturated rings. The van der Waals surface area contributed by atoms with Crippen molar-refractivity contribution in [2.45, 2.75) is 26.8 Å². The zero-order valence-electron chi connectivity index (χ0n) is 18.6. The Labute approximate surface area is 191 Å². The second-order valence-electron chi connectivity index (χ2n) is 7.53. The number of aromatic nitrogens is 2. The number of ether oxygens (including phenoxy) is 2. The lowest BCUT2D eigenvalue weighted by Crippen LogP contribution is -2.47. The van der Waals surface area contributed by atoms with Crippen molar-refractivity contribution < 1.29 is 19.1 Å². The second kappa shape index (κ2) is 10.2. The highest BCUT2D eigenvalue weighted by atomic mass is 32.1. The van der Waals surface area contributed by atoms with Gasteiger partial charge < -0.3 is 14.8 Å². The number of nitrogens with zero attached hydrogens (tertiary/aromatic N) is 2. The lowest BCUT2D eigenvalue weighted by atomic mass is 10.0. The van der Waals surface area contributed by atoms with Gasteiger partial charge in [0.25, 0.3) is 5.91 Å². The minimum Gasteiger partial charge on any atom is -0.497 e. The molecule has 3 rings (SSSR count). The molecule has 0 saturated carbocycles. The van der Waals surface area contributed by atoms with E-state index in [0.29, 0.717) is 27.2 Å². The highest BCUT2D eigenvalue weighted by Crippen LogP contribution is 2.27. The number of nitrogens with one attached hydrogen (secondary N) is 2. The molecular weight excluding hydrogens is 428 g/mol. The van der Waals surface area contributed by atoms with Crippen molar-refractivity contribution in [2.24, 2.45) is 5.92 Å². The summed E-state index contributed by atoms with van der Waals surface area (Å²) in [5.41, 5.74) is 2.35. The molecule has 32 heavy (non-hydrogen) atoms. The monoisotopic (exact) mass is 454 g/mol. The average molecular weight is 455 g/mol. The van der Waals surface area contributed by atoms with E-state index in [1.807, 2.05) is 45.0 Å². The van der Waals surface area contributed by atoms with Gasteiger partial charge in [-0.25, -0.2) is 0 Å². The van der Waals surface area contributed by atoms with E-state index in [-0.39, 0.29) is 11.8 Å². The van der Waals surface area contributed by atoms with Gasteiger partial charge in [0.1, 0.15) is 22.5 Å². The van der Waals surface area contributed by atoms with E-state index in [1.54, 1.807) is 18.2 Å². The van der Waals surface area contributed by atoms with E-state index in [9.17, 15) is 9.59 Å². The number of aryl methyl sites for hydroxylation is 1. The van der Waals surface area contributed by atoms with E-state index in [1.165, 1.54) is 25.6 Å². The van der Waals surface area contributed by atoms with Crippen LogP contribution in [0.1, 0.15) is 29.8 Å². The standard InChI is InChI=1S/C23H26N4O4S/c1-13(2)19(24-20(28)17-10-9-16(30-4)12-18(17)31-5)21(29)25-23-27-26-22(32-23)15-8-6-7-14(3)11-15/h6-13,19H,1-5H3,(H,24,28)(H,25,27,29). The summed E-state index contributed by atoms with van der Waals surface area (Å²) in [5, 5.41) is 14.9. The largest absolute Gasteiger partial charge is 0.497 e. The van der Waals surface area contributed by atoms with Crippen LogP contribution in [-0.4, -0.2) is 42.3 Å². The smallest absolute Gasteiger partial charge is 0.255 e. The van der Waals surface area contributed by atoms with Crippen molar-refractivity contribution >= 4 is 28.3 Å². The van der Waals surface area contributed by atoms with Gasteiger partial charge in [-0.15, -0.1) is 10.2 Å². The Balaban J connectivity index is 1.74. The number of hydrogen-bond donors (Lipinski definition) is 2. The second-order valence-corrected chi connectivity index (χ2v) is 8.51. The van der Waals surface area contributed by atoms with Gasteiger partial charge in [0.05, 0.1) is 19.8 Å². The number of rotatable bonds is 8. The predicted molar refractivity (Wildman–Crippen MR) is 124 cm³/mol. The van der Waals surface area contributed by atoms with Crippen molar-refractivity contribution in [2.75, 3.05) is 19.5 Å². The van der Waals surface area contributed by atoms with Crippen LogP contribution < -0.4 is 20.1 Å². The molecule has 0 radical (unpaired) electrons. The molecule has 9 heteroatoms. The van der Waals surface area contributed by atoms with Crippen molar-refractivity contribution in [1.29, 1.82) is 0 Å². The van der Waals surface area contributed by atoms with Crippen LogP contribution in [0.2, 0.25) is 0 Å². The highest BCUT2D eigenvalue weighted by molar-refractivity contribution is 7.18. The first kappa shape index (κ1) is 23.2. The topological polar surface area (TPSA) is 102 Å². The van der Waals surface area contributed by atoms with E-state index >= 15 is 0 Å². The lowest BCUT2D eigenvalue weighted by Gasteiger charge is -2.21. The fraction of sp³-hybridized carbons (Fsp3) is 0.304. The fourth-order valence-corrected chi connectivity index (χ4v) is 3.83. The third-order valence-corrected chi connectivity index (χ3v) is 5.70. The normalized spacial score (nSPS) is 11.7. The molecule has 0 spiro atoms. The molecule has 0 bridgehead atoms. The van der Waals surface area contributed by atoms with Crippen molar-refractivity contribution in [3.63, 3.8) is 0 Å². The Morgan fingerprint density at radius 2 is 1.81 bits per heavy atom. The molecule has 168 valence electrons. The molecule has 2 N–H and O–H groups in total. The SMILES string of the molecule is COc1ccc(C(=O)NC(C(=O)Nc2nnc(-c3cccc(C)c3)s2)C(C)C)c(OC)c1. The zero-order valence-corrected chi connectivity index (χ0v) is 19.4. The lowest BCUT2D eigenvalue weighted by molar-refractivity contribution is -0.118. The van der Waals surface area contributed by atoms with Crippen LogP contribution in [0.4, 0.5) is 5.13 Å². The van der Waals surface area contributed by atoms with Gasteiger partial charge in [-0.2, -0.15) is 0 Å². The van der Waals surface area contributed by atoms with E-state index in [2.05, 4.69) is 20.8 Å². The molecule has 2 aromatic carbocycles. The number of amides is 2. The first-order chi connectivity index (χ1) is 15.3. The maximum atomic E-state index is 12.9. The maximum Gasteiger partial charge on any atom is 0.255 e. The Hall–Kier alpha value is -3.46. The van der Waals surface area contributed by atoms with E-state index in [0.717, 1.165) is 11.1 Å². The van der Waals surface area contributed by atoms with E-state index in [4.69, 9.17) is 9.47 Å². The van der Waals surface area contributed by atoms with Crippen LogP contribution >= 0.6 is 11.3 Å². The Kier molecular flexibility index (Phi) is 7.42. The molecule has 1 unspecified atom stereocenters. The molecule has 0 aliphatic heterocycles. The summed E-state index contributed by atoms with van der Waals surface area (Å²) >= 11 is 1.28. The van der Waals surface area contributed by atoms with Crippen LogP contribution in [0.25, 0.3) is 10.6 Å². The van der Waals surface area contributed by atoms with Gasteiger partial charge in [0, 0.05) is 11.6 Å². The quantitative estimate of drug-likeness (QED) is 0.535. The zero-order chi connectivity index (χ0) is 23.3. The summed E-state index contributed by atoms with van der Waals surface area (Å²) in [5.74, 6) is -0.0230. The minimum atomic E-state index is -0.777.